The zero-order valence-corrected chi connectivity index (χ0v) is 13.5. The first-order valence-corrected chi connectivity index (χ1v) is 8.87. The van der Waals surface area contributed by atoms with Crippen molar-refractivity contribution >= 4 is 21.6 Å². The minimum atomic E-state index is 0.784. The molecule has 3 aliphatic rings. The van der Waals surface area contributed by atoms with E-state index < -0.39 is 0 Å². The van der Waals surface area contributed by atoms with Crippen molar-refractivity contribution in [3.05, 3.63) is 28.2 Å². The van der Waals surface area contributed by atoms with Crippen LogP contribution in [0.1, 0.15) is 44.1 Å². The summed E-state index contributed by atoms with van der Waals surface area (Å²) >= 11 is 3.81. The van der Waals surface area contributed by atoms with Gasteiger partial charge in [0.05, 0.1) is 5.69 Å². The highest BCUT2D eigenvalue weighted by molar-refractivity contribution is 9.10. The zero-order chi connectivity index (χ0) is 13.5. The van der Waals surface area contributed by atoms with Crippen LogP contribution in [0, 0.1) is 5.92 Å². The molecule has 20 heavy (non-hydrogen) atoms. The maximum Gasteiger partial charge on any atom is 0.0513 e. The Morgan fingerprint density at radius 1 is 1.10 bits per heavy atom. The number of nitrogens with zero attached hydrogens (tertiary/aromatic N) is 1. The summed E-state index contributed by atoms with van der Waals surface area (Å²) in [5.41, 5.74) is 2.81. The molecule has 0 spiro atoms. The highest BCUT2D eigenvalue weighted by atomic mass is 79.9. The Kier molecular flexibility index (Phi) is 3.51. The van der Waals surface area contributed by atoms with Crippen molar-refractivity contribution in [3.8, 4) is 0 Å². The second-order valence-corrected chi connectivity index (χ2v) is 7.62. The summed E-state index contributed by atoms with van der Waals surface area (Å²) in [5.74, 6) is 0.957. The normalized spacial score (nSPS) is 22.1. The number of anilines is 1. The predicted molar refractivity (Wildman–Crippen MR) is 87.1 cm³/mol. The van der Waals surface area contributed by atoms with Gasteiger partial charge in [0.2, 0.25) is 0 Å². The standard InChI is InChI=1S/C17H23BrN2/c18-16-9-13(10-19-14-4-5-14)3-8-17(16)20(15-6-7-15)11-12-1-2-12/h3,8-9,12,14-15,19H,1-2,4-7,10-11H2. The SMILES string of the molecule is Brc1cc(CNC2CC2)ccc1N(CC1CC1)C1CC1. The molecule has 3 heteroatoms. The maximum absolute atomic E-state index is 3.81. The van der Waals surface area contributed by atoms with Gasteiger partial charge in [-0.15, -0.1) is 0 Å². The van der Waals surface area contributed by atoms with Gasteiger partial charge in [0.25, 0.3) is 0 Å². The summed E-state index contributed by atoms with van der Waals surface area (Å²) in [6.45, 7) is 2.28. The lowest BCUT2D eigenvalue weighted by atomic mass is 10.1. The topological polar surface area (TPSA) is 15.3 Å². The van der Waals surface area contributed by atoms with Crippen LogP contribution in [0.15, 0.2) is 22.7 Å². The van der Waals surface area contributed by atoms with E-state index in [1.54, 1.807) is 0 Å². The third-order valence-corrected chi connectivity index (χ3v) is 5.27. The van der Waals surface area contributed by atoms with Crippen LogP contribution >= 0.6 is 15.9 Å². The highest BCUT2D eigenvalue weighted by Crippen LogP contribution is 2.40. The smallest absolute Gasteiger partial charge is 0.0513 e. The quantitative estimate of drug-likeness (QED) is 0.808. The molecule has 0 saturated heterocycles. The van der Waals surface area contributed by atoms with Gasteiger partial charge in [-0.3, -0.25) is 0 Å². The van der Waals surface area contributed by atoms with Gasteiger partial charge in [-0.05, 0) is 78.1 Å². The maximum atomic E-state index is 3.81. The van der Waals surface area contributed by atoms with Crippen molar-refractivity contribution in [1.29, 1.82) is 0 Å². The van der Waals surface area contributed by atoms with Crippen molar-refractivity contribution < 1.29 is 0 Å². The van der Waals surface area contributed by atoms with Crippen LogP contribution in [0.25, 0.3) is 0 Å². The van der Waals surface area contributed by atoms with Gasteiger partial charge in [0.15, 0.2) is 0 Å². The molecule has 0 aliphatic heterocycles. The molecule has 0 amide bonds. The van der Waals surface area contributed by atoms with Crippen molar-refractivity contribution in [2.24, 2.45) is 5.92 Å². The first-order chi connectivity index (χ1) is 9.79. The van der Waals surface area contributed by atoms with Gasteiger partial charge in [-0.25, -0.2) is 0 Å². The molecule has 3 fully saturated rings. The fourth-order valence-electron chi connectivity index (χ4n) is 2.85. The molecule has 0 bridgehead atoms. The van der Waals surface area contributed by atoms with Gasteiger partial charge < -0.3 is 10.2 Å². The molecule has 108 valence electrons. The predicted octanol–water partition coefficient (Wildman–Crippen LogP) is 4.08. The molecular formula is C17H23BrN2. The van der Waals surface area contributed by atoms with Crippen LogP contribution in [0.4, 0.5) is 5.69 Å². The van der Waals surface area contributed by atoms with Crippen LogP contribution < -0.4 is 10.2 Å². The minimum absolute atomic E-state index is 0.784. The molecule has 2 nitrogen and oxygen atoms in total. The molecule has 1 aromatic carbocycles. The van der Waals surface area contributed by atoms with Crippen LogP contribution in [0.3, 0.4) is 0 Å². The van der Waals surface area contributed by atoms with E-state index in [1.165, 1.54) is 60.8 Å². The van der Waals surface area contributed by atoms with E-state index in [2.05, 4.69) is 44.3 Å². The van der Waals surface area contributed by atoms with Crippen molar-refractivity contribution in [2.75, 3.05) is 11.4 Å². The molecule has 0 radical (unpaired) electrons. The lowest BCUT2D eigenvalue weighted by molar-refractivity contribution is 0.686. The van der Waals surface area contributed by atoms with Crippen molar-refractivity contribution in [2.45, 2.75) is 57.2 Å². The largest absolute Gasteiger partial charge is 0.367 e. The van der Waals surface area contributed by atoms with Crippen LogP contribution in [0.2, 0.25) is 0 Å². The van der Waals surface area contributed by atoms with E-state index in [0.29, 0.717) is 0 Å². The third kappa shape index (κ3) is 3.20. The van der Waals surface area contributed by atoms with Crippen molar-refractivity contribution in [3.63, 3.8) is 0 Å². The van der Waals surface area contributed by atoms with Gasteiger partial charge in [0.1, 0.15) is 0 Å². The molecular weight excluding hydrogens is 312 g/mol. The number of hydrogen-bond donors (Lipinski definition) is 1. The Labute approximate surface area is 130 Å². The molecule has 0 aromatic heterocycles. The number of rotatable bonds is 7. The second-order valence-electron chi connectivity index (χ2n) is 6.77. The van der Waals surface area contributed by atoms with Gasteiger partial charge >= 0.3 is 0 Å². The van der Waals surface area contributed by atoms with E-state index in [-0.39, 0.29) is 0 Å². The van der Waals surface area contributed by atoms with E-state index >= 15 is 0 Å². The van der Waals surface area contributed by atoms with Crippen molar-refractivity contribution in [1.82, 2.24) is 5.32 Å². The Morgan fingerprint density at radius 2 is 1.90 bits per heavy atom. The first kappa shape index (κ1) is 13.1. The molecule has 0 atom stereocenters. The highest BCUT2D eigenvalue weighted by Gasteiger charge is 2.34. The summed E-state index contributed by atoms with van der Waals surface area (Å²) in [6, 6.07) is 8.54. The fraction of sp³-hybridized carbons (Fsp3) is 0.647. The molecule has 4 rings (SSSR count). The van der Waals surface area contributed by atoms with Gasteiger partial charge in [0, 0.05) is 29.6 Å². The lowest BCUT2D eigenvalue weighted by Gasteiger charge is -2.26. The molecule has 0 unspecified atom stereocenters. The van der Waals surface area contributed by atoms with Crippen LogP contribution in [0.5, 0.6) is 0 Å². The van der Waals surface area contributed by atoms with E-state index in [4.69, 9.17) is 0 Å². The van der Waals surface area contributed by atoms with Gasteiger partial charge in [-0.2, -0.15) is 0 Å². The van der Waals surface area contributed by atoms with E-state index in [1.807, 2.05) is 0 Å². The van der Waals surface area contributed by atoms with E-state index in [0.717, 1.165) is 24.5 Å². The summed E-state index contributed by atoms with van der Waals surface area (Å²) in [4.78, 5) is 2.65. The third-order valence-electron chi connectivity index (χ3n) is 4.63. The fourth-order valence-corrected chi connectivity index (χ4v) is 3.51. The monoisotopic (exact) mass is 334 g/mol. The van der Waals surface area contributed by atoms with Crippen LogP contribution in [-0.2, 0) is 6.54 Å². The average molecular weight is 335 g/mol. The zero-order valence-electron chi connectivity index (χ0n) is 11.9. The van der Waals surface area contributed by atoms with Crippen LogP contribution in [-0.4, -0.2) is 18.6 Å². The Hall–Kier alpha value is -0.540. The first-order valence-electron chi connectivity index (χ1n) is 8.08. The number of hydrogen-bond acceptors (Lipinski definition) is 2. The second kappa shape index (κ2) is 5.34. The van der Waals surface area contributed by atoms with Gasteiger partial charge in [-0.1, -0.05) is 6.07 Å². The summed E-state index contributed by atoms with van der Waals surface area (Å²) in [5, 5.41) is 3.59. The summed E-state index contributed by atoms with van der Waals surface area (Å²) < 4.78 is 1.28. The Morgan fingerprint density at radius 3 is 2.50 bits per heavy atom. The Bertz CT molecular complexity index is 490. The molecule has 3 aliphatic carbocycles. The number of halogens is 1. The minimum Gasteiger partial charge on any atom is -0.367 e. The summed E-state index contributed by atoms with van der Waals surface area (Å²) in [7, 11) is 0. The molecule has 1 N–H and O–H groups in total. The molecule has 1 aromatic rings. The summed E-state index contributed by atoms with van der Waals surface area (Å²) in [6.07, 6.45) is 8.34. The number of nitrogens with one attached hydrogen (secondary N) is 1. The Balaban J connectivity index is 1.47. The van der Waals surface area contributed by atoms with E-state index in [9.17, 15) is 0 Å². The molecule has 0 heterocycles. The lowest BCUT2D eigenvalue weighted by Crippen LogP contribution is -2.28. The molecule has 3 saturated carbocycles. The average Bonchev–Trinajstić information content (AvgIpc) is 3.24. The number of benzene rings is 1.